The summed E-state index contributed by atoms with van der Waals surface area (Å²) >= 11 is 0. The SMILES string of the molecule is CC1CCC(N(C)CCC(=O)NC(C)C)CC1. The van der Waals surface area contributed by atoms with Gasteiger partial charge in [-0.1, -0.05) is 6.92 Å². The first-order valence-electron chi connectivity index (χ1n) is 6.98. The molecular weight excluding hydrogens is 212 g/mol. The molecule has 0 atom stereocenters. The Bertz CT molecular complexity index is 232. The molecule has 1 N–H and O–H groups in total. The van der Waals surface area contributed by atoms with Crippen molar-refractivity contribution in [2.24, 2.45) is 5.92 Å². The minimum absolute atomic E-state index is 0.177. The molecule has 100 valence electrons. The quantitative estimate of drug-likeness (QED) is 0.800. The maximum absolute atomic E-state index is 11.6. The van der Waals surface area contributed by atoms with Crippen molar-refractivity contribution < 1.29 is 4.79 Å². The third-order valence-electron chi connectivity index (χ3n) is 3.75. The molecule has 3 heteroatoms. The molecule has 17 heavy (non-hydrogen) atoms. The lowest BCUT2D eigenvalue weighted by Crippen LogP contribution is -2.38. The molecule has 1 rings (SSSR count). The Hall–Kier alpha value is -0.570. The maximum atomic E-state index is 11.6. The van der Waals surface area contributed by atoms with Crippen LogP contribution in [0, 0.1) is 5.92 Å². The summed E-state index contributed by atoms with van der Waals surface area (Å²) in [5.41, 5.74) is 0. The number of carbonyl (C=O) groups is 1. The van der Waals surface area contributed by atoms with Crippen molar-refractivity contribution in [2.75, 3.05) is 13.6 Å². The Morgan fingerprint density at radius 2 is 1.88 bits per heavy atom. The molecule has 0 aliphatic heterocycles. The van der Waals surface area contributed by atoms with Gasteiger partial charge >= 0.3 is 0 Å². The smallest absolute Gasteiger partial charge is 0.221 e. The molecule has 1 fully saturated rings. The zero-order chi connectivity index (χ0) is 12.8. The van der Waals surface area contributed by atoms with Crippen LogP contribution >= 0.6 is 0 Å². The van der Waals surface area contributed by atoms with E-state index in [9.17, 15) is 4.79 Å². The minimum atomic E-state index is 0.177. The summed E-state index contributed by atoms with van der Waals surface area (Å²) in [4.78, 5) is 13.9. The van der Waals surface area contributed by atoms with Crippen LogP contribution in [-0.4, -0.2) is 36.5 Å². The first-order valence-corrected chi connectivity index (χ1v) is 6.98. The molecule has 3 nitrogen and oxygen atoms in total. The topological polar surface area (TPSA) is 32.3 Å². The van der Waals surface area contributed by atoms with Crippen molar-refractivity contribution >= 4 is 5.91 Å². The molecular formula is C14H28N2O. The standard InChI is InChI=1S/C14H28N2O/c1-11(2)15-14(17)9-10-16(4)13-7-5-12(3)6-8-13/h11-13H,5-10H2,1-4H3,(H,15,17). The predicted octanol–water partition coefficient (Wildman–Crippen LogP) is 2.41. The lowest BCUT2D eigenvalue weighted by Gasteiger charge is -2.33. The summed E-state index contributed by atoms with van der Waals surface area (Å²) in [6, 6.07) is 0.946. The van der Waals surface area contributed by atoms with Crippen LogP contribution in [0.1, 0.15) is 52.9 Å². The normalized spacial score (nSPS) is 25.3. The number of hydrogen-bond acceptors (Lipinski definition) is 2. The van der Waals surface area contributed by atoms with Crippen molar-refractivity contribution in [3.63, 3.8) is 0 Å². The van der Waals surface area contributed by atoms with Crippen LogP contribution in [0.15, 0.2) is 0 Å². The molecule has 0 saturated heterocycles. The van der Waals surface area contributed by atoms with Crippen LogP contribution in [0.3, 0.4) is 0 Å². The van der Waals surface area contributed by atoms with Gasteiger partial charge in [0.05, 0.1) is 0 Å². The monoisotopic (exact) mass is 240 g/mol. The summed E-state index contributed by atoms with van der Waals surface area (Å²) in [5, 5.41) is 2.94. The van der Waals surface area contributed by atoms with E-state index in [1.54, 1.807) is 0 Å². The number of carbonyl (C=O) groups excluding carboxylic acids is 1. The molecule has 0 aromatic carbocycles. The molecule has 1 amide bonds. The third kappa shape index (κ3) is 5.53. The lowest BCUT2D eigenvalue weighted by atomic mass is 9.87. The van der Waals surface area contributed by atoms with Gasteiger partial charge in [-0.15, -0.1) is 0 Å². The van der Waals surface area contributed by atoms with Gasteiger partial charge in [-0.3, -0.25) is 4.79 Å². The number of rotatable bonds is 5. The van der Waals surface area contributed by atoms with Crippen LogP contribution in [-0.2, 0) is 4.79 Å². The Morgan fingerprint density at radius 1 is 1.29 bits per heavy atom. The van der Waals surface area contributed by atoms with Crippen LogP contribution in [0.2, 0.25) is 0 Å². The predicted molar refractivity (Wildman–Crippen MR) is 71.9 cm³/mol. The van der Waals surface area contributed by atoms with Crippen LogP contribution in [0.25, 0.3) is 0 Å². The average Bonchev–Trinajstić information content (AvgIpc) is 2.26. The summed E-state index contributed by atoms with van der Waals surface area (Å²) in [6.07, 6.45) is 5.90. The number of amides is 1. The number of nitrogens with zero attached hydrogens (tertiary/aromatic N) is 1. The number of nitrogens with one attached hydrogen (secondary N) is 1. The van der Waals surface area contributed by atoms with Crippen molar-refractivity contribution in [2.45, 2.75) is 65.0 Å². The largest absolute Gasteiger partial charge is 0.354 e. The molecule has 0 spiro atoms. The van der Waals surface area contributed by atoms with E-state index < -0.39 is 0 Å². The fourth-order valence-corrected chi connectivity index (χ4v) is 2.54. The second-order valence-corrected chi connectivity index (χ2v) is 5.87. The summed E-state index contributed by atoms with van der Waals surface area (Å²) in [5.74, 6) is 1.07. The maximum Gasteiger partial charge on any atom is 0.221 e. The van der Waals surface area contributed by atoms with Crippen LogP contribution < -0.4 is 5.32 Å². The zero-order valence-electron chi connectivity index (χ0n) is 11.8. The van der Waals surface area contributed by atoms with Crippen LogP contribution in [0.5, 0.6) is 0 Å². The van der Waals surface area contributed by atoms with Crippen molar-refractivity contribution in [1.82, 2.24) is 10.2 Å². The highest BCUT2D eigenvalue weighted by atomic mass is 16.1. The van der Waals surface area contributed by atoms with E-state index in [2.05, 4.69) is 24.2 Å². The Kier molecular flexibility index (Phi) is 5.96. The first-order chi connectivity index (χ1) is 7.99. The second-order valence-electron chi connectivity index (χ2n) is 5.87. The minimum Gasteiger partial charge on any atom is -0.354 e. The Morgan fingerprint density at radius 3 is 2.41 bits per heavy atom. The van der Waals surface area contributed by atoms with Crippen molar-refractivity contribution in [3.8, 4) is 0 Å². The van der Waals surface area contributed by atoms with Gasteiger partial charge in [0.1, 0.15) is 0 Å². The third-order valence-corrected chi connectivity index (χ3v) is 3.75. The molecule has 0 heterocycles. The Labute approximate surface area is 106 Å². The van der Waals surface area contributed by atoms with E-state index in [-0.39, 0.29) is 11.9 Å². The Balaban J connectivity index is 2.20. The summed E-state index contributed by atoms with van der Waals surface area (Å²) in [7, 11) is 2.16. The van der Waals surface area contributed by atoms with Gasteiger partial charge < -0.3 is 10.2 Å². The highest BCUT2D eigenvalue weighted by Crippen LogP contribution is 2.26. The van der Waals surface area contributed by atoms with Crippen LogP contribution in [0.4, 0.5) is 0 Å². The average molecular weight is 240 g/mol. The summed E-state index contributed by atoms with van der Waals surface area (Å²) < 4.78 is 0. The fraction of sp³-hybridized carbons (Fsp3) is 0.929. The first kappa shape index (κ1) is 14.5. The zero-order valence-corrected chi connectivity index (χ0v) is 11.8. The second kappa shape index (κ2) is 7.00. The molecule has 1 saturated carbocycles. The molecule has 0 aromatic rings. The summed E-state index contributed by atoms with van der Waals surface area (Å²) in [6.45, 7) is 7.23. The number of hydrogen-bond donors (Lipinski definition) is 1. The van der Waals surface area contributed by atoms with E-state index in [0.29, 0.717) is 12.5 Å². The molecule has 0 aromatic heterocycles. The van der Waals surface area contributed by atoms with Gasteiger partial charge in [0.25, 0.3) is 0 Å². The van der Waals surface area contributed by atoms with E-state index in [1.165, 1.54) is 25.7 Å². The molecule has 0 unspecified atom stereocenters. The van der Waals surface area contributed by atoms with E-state index in [4.69, 9.17) is 0 Å². The highest BCUT2D eigenvalue weighted by molar-refractivity contribution is 5.76. The van der Waals surface area contributed by atoms with Gasteiger partial charge in [-0.2, -0.15) is 0 Å². The molecule has 0 bridgehead atoms. The molecule has 1 aliphatic rings. The van der Waals surface area contributed by atoms with Gasteiger partial charge in [-0.05, 0) is 52.5 Å². The van der Waals surface area contributed by atoms with Gasteiger partial charge in [0.2, 0.25) is 5.91 Å². The van der Waals surface area contributed by atoms with Crippen molar-refractivity contribution in [3.05, 3.63) is 0 Å². The van der Waals surface area contributed by atoms with E-state index in [1.807, 2.05) is 13.8 Å². The van der Waals surface area contributed by atoms with Gasteiger partial charge in [0, 0.05) is 25.0 Å². The van der Waals surface area contributed by atoms with E-state index in [0.717, 1.165) is 12.5 Å². The highest BCUT2D eigenvalue weighted by Gasteiger charge is 2.21. The fourth-order valence-electron chi connectivity index (χ4n) is 2.54. The van der Waals surface area contributed by atoms with Gasteiger partial charge in [-0.25, -0.2) is 0 Å². The molecule has 1 aliphatic carbocycles. The van der Waals surface area contributed by atoms with Gasteiger partial charge in [0.15, 0.2) is 0 Å². The van der Waals surface area contributed by atoms with Crippen molar-refractivity contribution in [1.29, 1.82) is 0 Å². The lowest BCUT2D eigenvalue weighted by molar-refractivity contribution is -0.122. The molecule has 0 radical (unpaired) electrons. The van der Waals surface area contributed by atoms with E-state index >= 15 is 0 Å².